The SMILES string of the molecule is O=C(O)c1ccc2c(c1)c(CCCCN1CCN(c3ccccc3)CC1)cn2C(=O)N1CCNCC1. The second-order valence-electron chi connectivity index (χ2n) is 9.70. The highest BCUT2D eigenvalue weighted by molar-refractivity contribution is 5.98. The maximum absolute atomic E-state index is 13.2. The first-order chi connectivity index (χ1) is 17.6. The largest absolute Gasteiger partial charge is 0.478 e. The molecule has 2 aliphatic heterocycles. The van der Waals surface area contributed by atoms with Crippen molar-refractivity contribution in [1.82, 2.24) is 19.7 Å². The third kappa shape index (κ3) is 5.39. The summed E-state index contributed by atoms with van der Waals surface area (Å²) in [5.41, 5.74) is 3.39. The minimum absolute atomic E-state index is 0.0351. The molecule has 5 rings (SSSR count). The van der Waals surface area contributed by atoms with E-state index in [0.29, 0.717) is 13.1 Å². The summed E-state index contributed by atoms with van der Waals surface area (Å²) in [5.74, 6) is -0.946. The molecular formula is C28H35N5O3. The summed E-state index contributed by atoms with van der Waals surface area (Å²) >= 11 is 0. The Hall–Kier alpha value is -3.36. The van der Waals surface area contributed by atoms with Gasteiger partial charge in [-0.1, -0.05) is 18.2 Å². The number of carboxylic acid groups (broad SMARTS) is 1. The van der Waals surface area contributed by atoms with E-state index in [1.54, 1.807) is 22.8 Å². The lowest BCUT2D eigenvalue weighted by Gasteiger charge is -2.36. The molecule has 0 aliphatic carbocycles. The van der Waals surface area contributed by atoms with Gasteiger partial charge < -0.3 is 20.2 Å². The molecule has 1 amide bonds. The van der Waals surface area contributed by atoms with Crippen LogP contribution in [0.3, 0.4) is 0 Å². The van der Waals surface area contributed by atoms with E-state index in [9.17, 15) is 14.7 Å². The van der Waals surface area contributed by atoms with Gasteiger partial charge in [0, 0.05) is 69.6 Å². The van der Waals surface area contributed by atoms with Crippen LogP contribution in [0.1, 0.15) is 28.8 Å². The number of nitrogens with one attached hydrogen (secondary N) is 1. The summed E-state index contributed by atoms with van der Waals surface area (Å²) in [6.45, 7) is 8.22. The van der Waals surface area contributed by atoms with Crippen molar-refractivity contribution >= 4 is 28.6 Å². The van der Waals surface area contributed by atoms with E-state index in [1.165, 1.54) is 5.69 Å². The summed E-state index contributed by atoms with van der Waals surface area (Å²) in [6, 6.07) is 15.6. The van der Waals surface area contributed by atoms with Gasteiger partial charge in [-0.2, -0.15) is 0 Å². The molecule has 2 aromatic carbocycles. The highest BCUT2D eigenvalue weighted by atomic mass is 16.4. The van der Waals surface area contributed by atoms with Crippen molar-refractivity contribution in [2.75, 3.05) is 63.8 Å². The minimum atomic E-state index is -0.946. The van der Waals surface area contributed by atoms with Crippen LogP contribution in [-0.4, -0.2) is 90.4 Å². The first-order valence-corrected chi connectivity index (χ1v) is 13.0. The summed E-state index contributed by atoms with van der Waals surface area (Å²) in [5, 5.41) is 13.7. The monoisotopic (exact) mass is 489 g/mol. The highest BCUT2D eigenvalue weighted by Gasteiger charge is 2.22. The number of carboxylic acids is 1. The summed E-state index contributed by atoms with van der Waals surface area (Å²) in [6.07, 6.45) is 4.82. The van der Waals surface area contributed by atoms with E-state index < -0.39 is 5.97 Å². The average Bonchev–Trinajstić information content (AvgIpc) is 3.30. The molecule has 2 N–H and O–H groups in total. The first kappa shape index (κ1) is 24.3. The highest BCUT2D eigenvalue weighted by Crippen LogP contribution is 2.26. The maximum atomic E-state index is 13.2. The zero-order valence-electron chi connectivity index (χ0n) is 20.7. The van der Waals surface area contributed by atoms with Crippen molar-refractivity contribution < 1.29 is 14.7 Å². The number of hydrogen-bond acceptors (Lipinski definition) is 5. The van der Waals surface area contributed by atoms with E-state index in [1.807, 2.05) is 11.1 Å². The lowest BCUT2D eigenvalue weighted by Crippen LogP contribution is -2.47. The number of aryl methyl sites for hydroxylation is 1. The van der Waals surface area contributed by atoms with Gasteiger partial charge in [0.25, 0.3) is 0 Å². The third-order valence-corrected chi connectivity index (χ3v) is 7.39. The van der Waals surface area contributed by atoms with Crippen LogP contribution in [-0.2, 0) is 6.42 Å². The van der Waals surface area contributed by atoms with Crippen molar-refractivity contribution in [3.8, 4) is 0 Å². The van der Waals surface area contributed by atoms with Crippen LogP contribution in [0.5, 0.6) is 0 Å². The number of aromatic carboxylic acids is 1. The average molecular weight is 490 g/mol. The Labute approximate surface area is 212 Å². The summed E-state index contributed by atoms with van der Waals surface area (Å²) < 4.78 is 1.71. The lowest BCUT2D eigenvalue weighted by atomic mass is 10.0. The number of carbonyl (C=O) groups is 2. The van der Waals surface area contributed by atoms with Crippen molar-refractivity contribution in [3.63, 3.8) is 0 Å². The Kier molecular flexibility index (Phi) is 7.53. The van der Waals surface area contributed by atoms with Crippen molar-refractivity contribution in [3.05, 3.63) is 65.9 Å². The van der Waals surface area contributed by atoms with E-state index in [2.05, 4.69) is 45.4 Å². The van der Waals surface area contributed by atoms with Gasteiger partial charge >= 0.3 is 12.0 Å². The zero-order chi connectivity index (χ0) is 24.9. The molecule has 0 atom stereocenters. The van der Waals surface area contributed by atoms with E-state index >= 15 is 0 Å². The molecule has 8 nitrogen and oxygen atoms in total. The molecule has 3 aromatic rings. The molecule has 0 radical (unpaired) electrons. The van der Waals surface area contributed by atoms with E-state index in [4.69, 9.17) is 0 Å². The van der Waals surface area contributed by atoms with Crippen molar-refractivity contribution in [2.24, 2.45) is 0 Å². The van der Waals surface area contributed by atoms with E-state index in [0.717, 1.165) is 81.5 Å². The number of carbonyl (C=O) groups excluding carboxylic acids is 1. The third-order valence-electron chi connectivity index (χ3n) is 7.39. The Balaban J connectivity index is 1.21. The van der Waals surface area contributed by atoms with Crippen molar-refractivity contribution in [1.29, 1.82) is 0 Å². The predicted octanol–water partition coefficient (Wildman–Crippen LogP) is 3.36. The fourth-order valence-corrected chi connectivity index (χ4v) is 5.32. The second-order valence-corrected chi connectivity index (χ2v) is 9.70. The molecular weight excluding hydrogens is 454 g/mol. The first-order valence-electron chi connectivity index (χ1n) is 13.0. The fourth-order valence-electron chi connectivity index (χ4n) is 5.32. The molecule has 36 heavy (non-hydrogen) atoms. The van der Waals surface area contributed by atoms with Gasteiger partial charge in [-0.15, -0.1) is 0 Å². The topological polar surface area (TPSA) is 81.0 Å². The smallest absolute Gasteiger partial charge is 0.335 e. The molecule has 0 unspecified atom stereocenters. The van der Waals surface area contributed by atoms with Crippen LogP contribution in [0.15, 0.2) is 54.7 Å². The molecule has 1 aromatic heterocycles. The Bertz CT molecular complexity index is 1190. The number of nitrogens with zero attached hydrogens (tertiary/aromatic N) is 4. The van der Waals surface area contributed by atoms with Crippen LogP contribution >= 0.6 is 0 Å². The number of anilines is 1. The number of aromatic nitrogens is 1. The molecule has 2 saturated heterocycles. The van der Waals surface area contributed by atoms with Crippen LogP contribution in [0.4, 0.5) is 10.5 Å². The van der Waals surface area contributed by atoms with Gasteiger partial charge in [0.1, 0.15) is 0 Å². The molecule has 8 heteroatoms. The maximum Gasteiger partial charge on any atom is 0.335 e. The second kappa shape index (κ2) is 11.1. The lowest BCUT2D eigenvalue weighted by molar-refractivity contribution is 0.0697. The Morgan fingerprint density at radius 2 is 1.64 bits per heavy atom. The zero-order valence-corrected chi connectivity index (χ0v) is 20.7. The number of benzene rings is 2. The molecule has 3 heterocycles. The predicted molar refractivity (Wildman–Crippen MR) is 142 cm³/mol. The number of fused-ring (bicyclic) bond motifs is 1. The molecule has 190 valence electrons. The van der Waals surface area contributed by atoms with E-state index in [-0.39, 0.29) is 11.6 Å². The summed E-state index contributed by atoms with van der Waals surface area (Å²) in [7, 11) is 0. The van der Waals surface area contributed by atoms with Gasteiger partial charge in [-0.25, -0.2) is 9.59 Å². The number of para-hydroxylation sites is 1. The van der Waals surface area contributed by atoms with Gasteiger partial charge in [-0.3, -0.25) is 9.47 Å². The Morgan fingerprint density at radius 3 is 2.36 bits per heavy atom. The van der Waals surface area contributed by atoms with Gasteiger partial charge in [0.05, 0.1) is 11.1 Å². The fraction of sp³-hybridized carbons (Fsp3) is 0.429. The molecule has 2 aliphatic rings. The number of rotatable bonds is 7. The number of hydrogen-bond donors (Lipinski definition) is 2. The number of piperazine rings is 2. The minimum Gasteiger partial charge on any atom is -0.478 e. The van der Waals surface area contributed by atoms with Crippen molar-refractivity contribution in [2.45, 2.75) is 19.3 Å². The van der Waals surface area contributed by atoms with Crippen LogP contribution in [0, 0.1) is 0 Å². The molecule has 0 spiro atoms. The Morgan fingerprint density at radius 1 is 0.889 bits per heavy atom. The van der Waals surface area contributed by atoms with Crippen LogP contribution in [0.25, 0.3) is 10.9 Å². The molecule has 0 bridgehead atoms. The van der Waals surface area contributed by atoms with Gasteiger partial charge in [0.15, 0.2) is 0 Å². The number of amides is 1. The molecule has 2 fully saturated rings. The molecule has 0 saturated carbocycles. The van der Waals surface area contributed by atoms with Gasteiger partial charge in [-0.05, 0) is 61.7 Å². The quantitative estimate of drug-likeness (QED) is 0.496. The standard InChI is InChI=1S/C28H35N5O3/c34-27(35)22-9-10-26-25(20-22)23(21-33(26)28(36)32-14-11-29-12-15-32)6-4-5-13-30-16-18-31(19-17-30)24-7-2-1-3-8-24/h1-3,7-10,20-21,29H,4-6,11-19H2,(H,34,35). The number of unbranched alkanes of at least 4 members (excludes halogenated alkanes) is 1. The summed E-state index contributed by atoms with van der Waals surface area (Å²) in [4.78, 5) is 31.7. The van der Waals surface area contributed by atoms with Crippen LogP contribution < -0.4 is 10.2 Å². The van der Waals surface area contributed by atoms with Gasteiger partial charge in [0.2, 0.25) is 0 Å². The normalized spacial score (nSPS) is 17.0. The van der Waals surface area contributed by atoms with Crippen LogP contribution in [0.2, 0.25) is 0 Å².